The van der Waals surface area contributed by atoms with Crippen LogP contribution >= 0.6 is 28.3 Å². The molecule has 0 atom stereocenters. The Labute approximate surface area is 139 Å². The maximum atomic E-state index is 12.2. The fourth-order valence-corrected chi connectivity index (χ4v) is 2.85. The Hall–Kier alpha value is -0.670. The summed E-state index contributed by atoms with van der Waals surface area (Å²) in [6.07, 6.45) is 0. The van der Waals surface area contributed by atoms with Crippen molar-refractivity contribution in [3.05, 3.63) is 28.7 Å². The van der Waals surface area contributed by atoms with Gasteiger partial charge in [0, 0.05) is 24.6 Å². The first-order chi connectivity index (χ1) is 9.37. The summed E-state index contributed by atoms with van der Waals surface area (Å²) in [5, 5.41) is 5.52. The molecule has 1 amide bonds. The molecule has 0 unspecified atom stereocenters. The van der Waals surface area contributed by atoms with E-state index in [4.69, 9.17) is 0 Å². The molecule has 0 spiro atoms. The van der Waals surface area contributed by atoms with Gasteiger partial charge in [0.2, 0.25) is 15.9 Å². The van der Waals surface area contributed by atoms with Gasteiger partial charge in [-0.05, 0) is 31.3 Å². The first kappa shape index (κ1) is 20.3. The van der Waals surface area contributed by atoms with E-state index in [0.29, 0.717) is 13.1 Å². The van der Waals surface area contributed by atoms with Crippen molar-refractivity contribution in [2.75, 3.05) is 33.7 Å². The lowest BCUT2D eigenvalue weighted by molar-refractivity contribution is -0.121. The van der Waals surface area contributed by atoms with E-state index >= 15 is 0 Å². The molecule has 0 radical (unpaired) electrons. The van der Waals surface area contributed by atoms with Gasteiger partial charge in [-0.3, -0.25) is 4.79 Å². The van der Waals surface area contributed by atoms with Crippen LogP contribution in [0.1, 0.15) is 0 Å². The third kappa shape index (κ3) is 6.31. The average molecular weight is 401 g/mol. The van der Waals surface area contributed by atoms with E-state index in [-0.39, 0.29) is 29.8 Å². The highest BCUT2D eigenvalue weighted by molar-refractivity contribution is 9.10. The van der Waals surface area contributed by atoms with E-state index in [1.165, 1.54) is 19.2 Å². The minimum atomic E-state index is -3.65. The number of nitrogens with zero attached hydrogens (tertiary/aromatic N) is 1. The Balaban J connectivity index is 0.00000400. The van der Waals surface area contributed by atoms with Crippen molar-refractivity contribution in [1.82, 2.24) is 14.9 Å². The zero-order chi connectivity index (χ0) is 15.2. The predicted octanol–water partition coefficient (Wildman–Crippen LogP) is 0.827. The molecule has 0 aliphatic heterocycles. The van der Waals surface area contributed by atoms with Crippen LogP contribution in [0.3, 0.4) is 0 Å². The predicted molar refractivity (Wildman–Crippen MR) is 88.1 cm³/mol. The first-order valence-corrected chi connectivity index (χ1v) is 8.24. The molecule has 2 N–H and O–H groups in total. The molecule has 0 saturated carbocycles. The second-order valence-corrected chi connectivity index (χ2v) is 7.13. The van der Waals surface area contributed by atoms with E-state index in [9.17, 15) is 13.2 Å². The topological polar surface area (TPSA) is 78.5 Å². The van der Waals surface area contributed by atoms with Gasteiger partial charge in [-0.25, -0.2) is 8.42 Å². The zero-order valence-electron chi connectivity index (χ0n) is 11.8. The van der Waals surface area contributed by atoms with Gasteiger partial charge in [0.05, 0.1) is 11.4 Å². The van der Waals surface area contributed by atoms with Crippen LogP contribution in [0.25, 0.3) is 0 Å². The Bertz CT molecular complexity index is 551. The smallest absolute Gasteiger partial charge is 0.243 e. The molecule has 21 heavy (non-hydrogen) atoms. The number of carbonyl (C=O) groups is 1. The van der Waals surface area contributed by atoms with Gasteiger partial charge in [-0.15, -0.1) is 12.4 Å². The number of sulfonamides is 1. The summed E-state index contributed by atoms with van der Waals surface area (Å²) in [7, 11) is -0.487. The number of benzene rings is 1. The Morgan fingerprint density at radius 1 is 1.24 bits per heavy atom. The molecule has 0 saturated heterocycles. The minimum Gasteiger partial charge on any atom is -0.354 e. The maximum absolute atomic E-state index is 12.2. The maximum Gasteiger partial charge on any atom is 0.243 e. The van der Waals surface area contributed by atoms with E-state index in [1.54, 1.807) is 19.2 Å². The number of likely N-dealkylation sites (N-methyl/N-ethyl adjacent to an activating group) is 2. The average Bonchev–Trinajstić information content (AvgIpc) is 2.39. The van der Waals surface area contributed by atoms with E-state index in [0.717, 1.165) is 8.78 Å². The number of hydrogen-bond donors (Lipinski definition) is 2. The number of hydrogen-bond acceptors (Lipinski definition) is 4. The van der Waals surface area contributed by atoms with E-state index in [2.05, 4.69) is 26.6 Å². The SMILES string of the molecule is CNCCNC(=O)CN(C)S(=O)(=O)c1ccc(Br)cc1.Cl. The third-order valence-corrected chi connectivity index (χ3v) is 4.93. The lowest BCUT2D eigenvalue weighted by Crippen LogP contribution is -2.40. The molecule has 6 nitrogen and oxygen atoms in total. The molecular formula is C12H19BrClN3O3S. The van der Waals surface area contributed by atoms with Crippen LogP contribution in [0, 0.1) is 0 Å². The monoisotopic (exact) mass is 399 g/mol. The summed E-state index contributed by atoms with van der Waals surface area (Å²) in [5.74, 6) is -0.330. The fourth-order valence-electron chi connectivity index (χ4n) is 1.46. The van der Waals surface area contributed by atoms with Crippen molar-refractivity contribution in [1.29, 1.82) is 0 Å². The molecule has 0 aromatic heterocycles. The molecule has 0 aliphatic rings. The van der Waals surface area contributed by atoms with Gasteiger partial charge >= 0.3 is 0 Å². The molecular weight excluding hydrogens is 382 g/mol. The van der Waals surface area contributed by atoms with E-state index in [1.807, 2.05) is 0 Å². The van der Waals surface area contributed by atoms with Crippen molar-refractivity contribution in [3.8, 4) is 0 Å². The van der Waals surface area contributed by atoms with Gasteiger partial charge in [-0.2, -0.15) is 4.31 Å². The summed E-state index contributed by atoms with van der Waals surface area (Å²) >= 11 is 3.25. The molecule has 1 aromatic carbocycles. The van der Waals surface area contributed by atoms with Crippen molar-refractivity contribution in [2.45, 2.75) is 4.90 Å². The molecule has 0 heterocycles. The lowest BCUT2D eigenvalue weighted by atomic mass is 10.4. The van der Waals surface area contributed by atoms with Crippen molar-refractivity contribution < 1.29 is 13.2 Å². The molecule has 1 aromatic rings. The number of carbonyl (C=O) groups excluding carboxylic acids is 1. The summed E-state index contributed by atoms with van der Waals surface area (Å²) in [6.45, 7) is 0.887. The summed E-state index contributed by atoms with van der Waals surface area (Å²) in [6, 6.07) is 6.28. The van der Waals surface area contributed by atoms with Gasteiger partial charge < -0.3 is 10.6 Å². The quantitative estimate of drug-likeness (QED) is 0.665. The van der Waals surface area contributed by atoms with Gasteiger partial charge in [0.25, 0.3) is 0 Å². The molecule has 1 rings (SSSR count). The number of amides is 1. The largest absolute Gasteiger partial charge is 0.354 e. The fraction of sp³-hybridized carbons (Fsp3) is 0.417. The van der Waals surface area contributed by atoms with Crippen molar-refractivity contribution >= 4 is 44.3 Å². The standard InChI is InChI=1S/C12H18BrN3O3S.ClH/c1-14-7-8-15-12(17)9-16(2)20(18,19)11-5-3-10(13)4-6-11;/h3-6,14H,7-9H2,1-2H3,(H,15,17);1H. The van der Waals surface area contributed by atoms with Crippen LogP contribution in [0.4, 0.5) is 0 Å². The molecule has 0 aliphatic carbocycles. The van der Waals surface area contributed by atoms with E-state index < -0.39 is 10.0 Å². The highest BCUT2D eigenvalue weighted by Gasteiger charge is 2.22. The van der Waals surface area contributed by atoms with Crippen LogP contribution in [-0.2, 0) is 14.8 Å². The van der Waals surface area contributed by atoms with Gasteiger partial charge in [0.1, 0.15) is 0 Å². The van der Waals surface area contributed by atoms with Crippen LogP contribution in [0.2, 0.25) is 0 Å². The molecule has 9 heteroatoms. The van der Waals surface area contributed by atoms with Crippen LogP contribution in [0.15, 0.2) is 33.6 Å². The van der Waals surface area contributed by atoms with Crippen molar-refractivity contribution in [3.63, 3.8) is 0 Å². The Kier molecular flexibility index (Phi) is 9.07. The molecule has 0 bridgehead atoms. The highest BCUT2D eigenvalue weighted by Crippen LogP contribution is 2.17. The normalized spacial score (nSPS) is 11.0. The Morgan fingerprint density at radius 2 is 1.81 bits per heavy atom. The summed E-state index contributed by atoms with van der Waals surface area (Å²) in [4.78, 5) is 11.8. The van der Waals surface area contributed by atoms with Crippen molar-refractivity contribution in [2.24, 2.45) is 0 Å². The highest BCUT2D eigenvalue weighted by atomic mass is 79.9. The minimum absolute atomic E-state index is 0. The lowest BCUT2D eigenvalue weighted by Gasteiger charge is -2.17. The molecule has 0 fully saturated rings. The van der Waals surface area contributed by atoms with Crippen LogP contribution in [-0.4, -0.2) is 52.4 Å². The van der Waals surface area contributed by atoms with Crippen LogP contribution < -0.4 is 10.6 Å². The second-order valence-electron chi connectivity index (χ2n) is 4.17. The van der Waals surface area contributed by atoms with Gasteiger partial charge in [-0.1, -0.05) is 15.9 Å². The number of nitrogens with one attached hydrogen (secondary N) is 2. The number of rotatable bonds is 7. The molecule has 120 valence electrons. The Morgan fingerprint density at radius 3 is 2.33 bits per heavy atom. The third-order valence-electron chi connectivity index (χ3n) is 2.59. The second kappa shape index (κ2) is 9.37. The van der Waals surface area contributed by atoms with Crippen LogP contribution in [0.5, 0.6) is 0 Å². The zero-order valence-corrected chi connectivity index (χ0v) is 15.0. The van der Waals surface area contributed by atoms with Gasteiger partial charge in [0.15, 0.2) is 0 Å². The first-order valence-electron chi connectivity index (χ1n) is 6.01. The summed E-state index contributed by atoms with van der Waals surface area (Å²) < 4.78 is 26.3. The summed E-state index contributed by atoms with van der Waals surface area (Å²) in [5.41, 5.74) is 0. The number of halogens is 2.